The number of rotatable bonds is 3. The minimum absolute atomic E-state index is 0.0175. The molecule has 1 aliphatic carbocycles. The molecule has 3 aliphatic rings. The fourth-order valence-corrected chi connectivity index (χ4v) is 5.58. The van der Waals surface area contributed by atoms with Crippen LogP contribution in [-0.2, 0) is 14.8 Å². The minimum atomic E-state index is -3.76. The number of hydrogen-bond donors (Lipinski definition) is 1. The summed E-state index contributed by atoms with van der Waals surface area (Å²) < 4.78 is 29.3. The van der Waals surface area contributed by atoms with Crippen molar-refractivity contribution in [2.45, 2.75) is 55.1 Å². The summed E-state index contributed by atoms with van der Waals surface area (Å²) in [6.07, 6.45) is 6.95. The van der Waals surface area contributed by atoms with Crippen LogP contribution in [0, 0.1) is 0 Å². The molecule has 1 aromatic carbocycles. The van der Waals surface area contributed by atoms with Crippen molar-refractivity contribution in [3.05, 3.63) is 29.8 Å². The molecule has 1 spiro atoms. The van der Waals surface area contributed by atoms with E-state index in [4.69, 9.17) is 9.88 Å². The van der Waals surface area contributed by atoms with Crippen molar-refractivity contribution < 1.29 is 17.9 Å². The second-order valence-electron chi connectivity index (χ2n) is 8.21. The average Bonchev–Trinajstić information content (AvgIpc) is 3.22. The Morgan fingerprint density at radius 3 is 2.46 bits per heavy atom. The molecule has 0 unspecified atom stereocenters. The van der Waals surface area contributed by atoms with Crippen LogP contribution in [-0.4, -0.2) is 68.6 Å². The Labute approximate surface area is 166 Å². The first-order valence-corrected chi connectivity index (χ1v) is 11.7. The van der Waals surface area contributed by atoms with Gasteiger partial charge < -0.3 is 9.64 Å². The minimum Gasteiger partial charge on any atom is -0.370 e. The second kappa shape index (κ2) is 7.74. The third-order valence-electron chi connectivity index (χ3n) is 6.44. The normalized spacial score (nSPS) is 29.3. The Bertz CT molecular complexity index is 816. The molecule has 2 heterocycles. The smallest absolute Gasteiger partial charge is 0.254 e. The van der Waals surface area contributed by atoms with E-state index in [-0.39, 0.29) is 16.4 Å². The van der Waals surface area contributed by atoms with Gasteiger partial charge in [-0.1, -0.05) is 12.8 Å². The zero-order valence-corrected chi connectivity index (χ0v) is 17.0. The van der Waals surface area contributed by atoms with Gasteiger partial charge in [-0.05, 0) is 63.0 Å². The van der Waals surface area contributed by atoms with Crippen LogP contribution in [0.15, 0.2) is 29.2 Å². The number of ether oxygens (including phenoxy) is 1. The molecule has 1 amide bonds. The summed E-state index contributed by atoms with van der Waals surface area (Å²) in [4.78, 5) is 17.6. The van der Waals surface area contributed by atoms with E-state index >= 15 is 0 Å². The fraction of sp³-hybridized carbons (Fsp3) is 0.650. The number of hydrogen-bond acceptors (Lipinski definition) is 5. The Morgan fingerprint density at radius 1 is 1.07 bits per heavy atom. The molecule has 0 aromatic heterocycles. The molecule has 2 aliphatic heterocycles. The zero-order chi connectivity index (χ0) is 19.8. The van der Waals surface area contributed by atoms with Crippen molar-refractivity contribution in [1.29, 1.82) is 0 Å². The Balaban J connectivity index is 1.53. The predicted molar refractivity (Wildman–Crippen MR) is 105 cm³/mol. The molecule has 1 aromatic rings. The lowest BCUT2D eigenvalue weighted by Gasteiger charge is -2.52. The van der Waals surface area contributed by atoms with Crippen molar-refractivity contribution in [3.8, 4) is 0 Å². The maximum absolute atomic E-state index is 13.1. The van der Waals surface area contributed by atoms with Crippen LogP contribution < -0.4 is 5.14 Å². The number of nitrogens with two attached hydrogens (primary N) is 1. The molecule has 8 heteroatoms. The van der Waals surface area contributed by atoms with Crippen molar-refractivity contribution >= 4 is 15.9 Å². The van der Waals surface area contributed by atoms with E-state index in [1.807, 2.05) is 4.90 Å². The number of morpholine rings is 1. The molecular formula is C20H29N3O4S. The summed E-state index contributed by atoms with van der Waals surface area (Å²) in [7, 11) is -3.76. The molecule has 2 N–H and O–H groups in total. The molecule has 3 fully saturated rings. The molecule has 0 bridgehead atoms. The first-order chi connectivity index (χ1) is 13.4. The van der Waals surface area contributed by atoms with Gasteiger partial charge in [0.2, 0.25) is 10.0 Å². The van der Waals surface area contributed by atoms with E-state index in [9.17, 15) is 13.2 Å². The molecule has 28 heavy (non-hydrogen) atoms. The quantitative estimate of drug-likeness (QED) is 0.821. The SMILES string of the molecule is NS(=O)(=O)c1ccc(C(=O)N2CCO[C@]3(CCCC[C@H]3N3CCCC3)C2)cc1. The van der Waals surface area contributed by atoms with Crippen molar-refractivity contribution in [1.82, 2.24) is 9.80 Å². The first-order valence-electron chi connectivity index (χ1n) is 10.2. The number of nitrogens with zero attached hydrogens (tertiary/aromatic N) is 2. The van der Waals surface area contributed by atoms with Crippen LogP contribution in [0.5, 0.6) is 0 Å². The zero-order valence-electron chi connectivity index (χ0n) is 16.2. The number of likely N-dealkylation sites (tertiary alicyclic amines) is 1. The summed E-state index contributed by atoms with van der Waals surface area (Å²) >= 11 is 0. The number of carbonyl (C=O) groups excluding carboxylic acids is 1. The summed E-state index contributed by atoms with van der Waals surface area (Å²) in [6.45, 7) is 3.96. The standard InChI is InChI=1S/C20H29N3O4S/c21-28(25,26)17-8-6-16(7-9-17)19(24)23-13-14-27-20(15-23)10-2-1-5-18(20)22-11-3-4-12-22/h6-9,18H,1-5,10-15H2,(H2,21,25,26)/t18-,20-/m1/s1. The lowest BCUT2D eigenvalue weighted by Crippen LogP contribution is -2.64. The van der Waals surface area contributed by atoms with Crippen molar-refractivity contribution in [3.63, 3.8) is 0 Å². The van der Waals surface area contributed by atoms with Gasteiger partial charge in [-0.2, -0.15) is 0 Å². The van der Waals surface area contributed by atoms with Crippen molar-refractivity contribution in [2.24, 2.45) is 5.14 Å². The summed E-state index contributed by atoms with van der Waals surface area (Å²) in [5.74, 6) is -0.0746. The first kappa shape index (κ1) is 19.8. The van der Waals surface area contributed by atoms with E-state index < -0.39 is 10.0 Å². The van der Waals surface area contributed by atoms with Crippen molar-refractivity contribution in [2.75, 3.05) is 32.8 Å². The summed E-state index contributed by atoms with van der Waals surface area (Å²) in [5.41, 5.74) is 0.204. The molecule has 1 saturated carbocycles. The van der Waals surface area contributed by atoms with Gasteiger partial charge in [-0.15, -0.1) is 0 Å². The number of amides is 1. The van der Waals surface area contributed by atoms with Gasteiger partial charge in [0.15, 0.2) is 0 Å². The van der Waals surface area contributed by atoms with E-state index in [0.717, 1.165) is 32.4 Å². The van der Waals surface area contributed by atoms with Crippen LogP contribution in [0.3, 0.4) is 0 Å². The lowest BCUT2D eigenvalue weighted by atomic mass is 9.78. The van der Waals surface area contributed by atoms with Gasteiger partial charge in [0.05, 0.1) is 18.0 Å². The molecule has 2 saturated heterocycles. The molecule has 7 nitrogen and oxygen atoms in total. The van der Waals surface area contributed by atoms with Gasteiger partial charge in [0.1, 0.15) is 5.60 Å². The highest BCUT2D eigenvalue weighted by atomic mass is 32.2. The molecule has 0 radical (unpaired) electrons. The van der Waals surface area contributed by atoms with Crippen LogP contribution in [0.25, 0.3) is 0 Å². The van der Waals surface area contributed by atoms with E-state index in [1.165, 1.54) is 31.4 Å². The van der Waals surface area contributed by atoms with Crippen LogP contribution in [0.4, 0.5) is 0 Å². The summed E-state index contributed by atoms with van der Waals surface area (Å²) in [5, 5.41) is 5.15. The molecule has 2 atom stereocenters. The van der Waals surface area contributed by atoms with Crippen LogP contribution >= 0.6 is 0 Å². The lowest BCUT2D eigenvalue weighted by molar-refractivity contribution is -0.156. The maximum Gasteiger partial charge on any atom is 0.254 e. The van der Waals surface area contributed by atoms with Crippen LogP contribution in [0.1, 0.15) is 48.9 Å². The monoisotopic (exact) mass is 407 g/mol. The van der Waals surface area contributed by atoms with Gasteiger partial charge >= 0.3 is 0 Å². The third-order valence-corrected chi connectivity index (χ3v) is 7.37. The number of primary sulfonamides is 1. The third kappa shape index (κ3) is 3.83. The number of benzene rings is 1. The topological polar surface area (TPSA) is 92.9 Å². The largest absolute Gasteiger partial charge is 0.370 e. The Hall–Kier alpha value is -1.48. The van der Waals surface area contributed by atoms with Gasteiger partial charge in [0.25, 0.3) is 5.91 Å². The maximum atomic E-state index is 13.1. The number of carbonyl (C=O) groups is 1. The van der Waals surface area contributed by atoms with Crippen LogP contribution in [0.2, 0.25) is 0 Å². The van der Waals surface area contributed by atoms with E-state index in [2.05, 4.69) is 4.90 Å². The summed E-state index contributed by atoms with van der Waals surface area (Å²) in [6, 6.07) is 6.26. The van der Waals surface area contributed by atoms with Gasteiger partial charge in [-0.25, -0.2) is 13.6 Å². The second-order valence-corrected chi connectivity index (χ2v) is 9.78. The predicted octanol–water partition coefficient (Wildman–Crippen LogP) is 1.58. The number of sulfonamides is 1. The Kier molecular flexibility index (Phi) is 5.48. The highest BCUT2D eigenvalue weighted by Crippen LogP contribution is 2.39. The highest BCUT2D eigenvalue weighted by molar-refractivity contribution is 7.89. The van der Waals surface area contributed by atoms with Gasteiger partial charge in [-0.3, -0.25) is 9.69 Å². The highest BCUT2D eigenvalue weighted by Gasteiger charge is 2.48. The Morgan fingerprint density at radius 2 is 1.79 bits per heavy atom. The average molecular weight is 408 g/mol. The van der Waals surface area contributed by atoms with E-state index in [0.29, 0.717) is 31.3 Å². The fourth-order valence-electron chi connectivity index (χ4n) is 5.06. The van der Waals surface area contributed by atoms with E-state index in [1.54, 1.807) is 12.1 Å². The molecule has 4 rings (SSSR count). The molecule has 154 valence electrons. The molecular weight excluding hydrogens is 378 g/mol. The van der Waals surface area contributed by atoms with Gasteiger partial charge in [0, 0.05) is 18.2 Å².